The highest BCUT2D eigenvalue weighted by atomic mass is 79.9. The van der Waals surface area contributed by atoms with Crippen molar-refractivity contribution >= 4 is 21.6 Å². The number of hydrogen-bond acceptors (Lipinski definition) is 3. The van der Waals surface area contributed by atoms with Crippen LogP contribution in [-0.4, -0.2) is 42.2 Å². The first-order chi connectivity index (χ1) is 8.99. The normalized spacial score (nSPS) is 18.9. The molecule has 1 fully saturated rings. The molecule has 1 saturated heterocycles. The Hall–Kier alpha value is -0.580. The van der Waals surface area contributed by atoms with Crippen LogP contribution < -0.4 is 4.90 Å². The van der Waals surface area contributed by atoms with Gasteiger partial charge in [-0.2, -0.15) is 0 Å². The van der Waals surface area contributed by atoms with Gasteiger partial charge in [-0.25, -0.2) is 0 Å². The predicted molar refractivity (Wildman–Crippen MR) is 83.7 cm³/mol. The highest BCUT2D eigenvalue weighted by molar-refractivity contribution is 9.10. The second-order valence-electron chi connectivity index (χ2n) is 5.50. The van der Waals surface area contributed by atoms with Gasteiger partial charge in [-0.3, -0.25) is 4.90 Å². The van der Waals surface area contributed by atoms with Crippen molar-refractivity contribution in [2.24, 2.45) is 0 Å². The highest BCUT2D eigenvalue weighted by Crippen LogP contribution is 2.28. The third-order valence-electron chi connectivity index (χ3n) is 3.84. The zero-order valence-electron chi connectivity index (χ0n) is 11.9. The van der Waals surface area contributed by atoms with Crippen molar-refractivity contribution in [3.8, 4) is 0 Å². The highest BCUT2D eigenvalue weighted by Gasteiger charge is 2.19. The van der Waals surface area contributed by atoms with Crippen LogP contribution in [0.2, 0.25) is 0 Å². The number of piperazine rings is 1. The van der Waals surface area contributed by atoms with Crippen molar-refractivity contribution in [2.45, 2.75) is 32.9 Å². The van der Waals surface area contributed by atoms with Crippen LogP contribution in [0.3, 0.4) is 0 Å². The molecular weight excluding hydrogens is 304 g/mol. The largest absolute Gasteiger partial charge is 0.389 e. The summed E-state index contributed by atoms with van der Waals surface area (Å²) in [6, 6.07) is 6.87. The molecule has 0 aliphatic carbocycles. The Kier molecular flexibility index (Phi) is 4.87. The lowest BCUT2D eigenvalue weighted by molar-refractivity contribution is 0.198. The second kappa shape index (κ2) is 6.25. The molecule has 1 atom stereocenters. The van der Waals surface area contributed by atoms with Crippen molar-refractivity contribution in [3.63, 3.8) is 0 Å². The Morgan fingerprint density at radius 3 is 2.21 bits per heavy atom. The smallest absolute Gasteiger partial charge is 0.0772 e. The predicted octanol–water partition coefficient (Wildman–Crippen LogP) is 3.03. The van der Waals surface area contributed by atoms with Gasteiger partial charge in [0, 0.05) is 42.4 Å². The number of benzene rings is 1. The van der Waals surface area contributed by atoms with E-state index in [1.165, 1.54) is 5.69 Å². The summed E-state index contributed by atoms with van der Waals surface area (Å²) in [6.07, 6.45) is -0.429. The zero-order valence-corrected chi connectivity index (χ0v) is 13.5. The number of hydrogen-bond donors (Lipinski definition) is 1. The van der Waals surface area contributed by atoms with Gasteiger partial charge in [0.25, 0.3) is 0 Å². The van der Waals surface area contributed by atoms with Crippen molar-refractivity contribution in [1.82, 2.24) is 4.90 Å². The molecule has 1 aromatic carbocycles. The van der Waals surface area contributed by atoms with Crippen LogP contribution in [0.15, 0.2) is 22.7 Å². The molecule has 3 nitrogen and oxygen atoms in total. The fourth-order valence-electron chi connectivity index (χ4n) is 2.55. The van der Waals surface area contributed by atoms with E-state index in [0.717, 1.165) is 36.2 Å². The molecule has 0 radical (unpaired) electrons. The van der Waals surface area contributed by atoms with Crippen molar-refractivity contribution in [3.05, 3.63) is 28.2 Å². The summed E-state index contributed by atoms with van der Waals surface area (Å²) in [5, 5.41) is 9.65. The zero-order chi connectivity index (χ0) is 14.0. The maximum atomic E-state index is 9.65. The first kappa shape index (κ1) is 14.8. The Morgan fingerprint density at radius 1 is 1.11 bits per heavy atom. The summed E-state index contributed by atoms with van der Waals surface area (Å²) in [6.45, 7) is 10.7. The molecule has 1 N–H and O–H groups in total. The Labute approximate surface area is 124 Å². The average molecular weight is 327 g/mol. The van der Waals surface area contributed by atoms with Gasteiger partial charge in [0.05, 0.1) is 6.10 Å². The molecule has 1 unspecified atom stereocenters. The summed E-state index contributed by atoms with van der Waals surface area (Å²) in [5.41, 5.74) is 2.18. The Balaban J connectivity index is 2.06. The van der Waals surface area contributed by atoms with Crippen LogP contribution in [0.1, 0.15) is 32.4 Å². The lowest BCUT2D eigenvalue weighted by atomic mass is 10.1. The number of aliphatic hydroxyl groups is 1. The van der Waals surface area contributed by atoms with Crippen LogP contribution in [-0.2, 0) is 0 Å². The molecule has 1 aliphatic rings. The summed E-state index contributed by atoms with van der Waals surface area (Å²) in [7, 11) is 0. The van der Waals surface area contributed by atoms with E-state index >= 15 is 0 Å². The third-order valence-corrected chi connectivity index (χ3v) is 4.53. The minimum Gasteiger partial charge on any atom is -0.389 e. The monoisotopic (exact) mass is 326 g/mol. The van der Waals surface area contributed by atoms with E-state index in [0.29, 0.717) is 6.04 Å². The van der Waals surface area contributed by atoms with E-state index in [1.54, 1.807) is 6.92 Å². The van der Waals surface area contributed by atoms with Gasteiger partial charge in [-0.05, 0) is 38.5 Å². The lowest BCUT2D eigenvalue weighted by Gasteiger charge is -2.38. The SMILES string of the molecule is CC(O)c1ccc(N2CCN(C(C)C)CC2)cc1Br. The van der Waals surface area contributed by atoms with Gasteiger partial charge in [0.15, 0.2) is 0 Å². The fourth-order valence-corrected chi connectivity index (χ4v) is 3.25. The molecule has 2 rings (SSSR count). The van der Waals surface area contributed by atoms with Gasteiger partial charge in [-0.15, -0.1) is 0 Å². The topological polar surface area (TPSA) is 26.7 Å². The van der Waals surface area contributed by atoms with Crippen LogP contribution in [0.4, 0.5) is 5.69 Å². The first-order valence-corrected chi connectivity index (χ1v) is 7.75. The molecule has 0 spiro atoms. The molecule has 19 heavy (non-hydrogen) atoms. The molecule has 0 saturated carbocycles. The maximum absolute atomic E-state index is 9.65. The molecular formula is C15H23BrN2O. The number of halogens is 1. The molecule has 106 valence electrons. The molecule has 1 heterocycles. The maximum Gasteiger partial charge on any atom is 0.0772 e. The second-order valence-corrected chi connectivity index (χ2v) is 6.35. The molecule has 1 aromatic rings. The number of aliphatic hydroxyl groups excluding tert-OH is 1. The Morgan fingerprint density at radius 2 is 1.74 bits per heavy atom. The summed E-state index contributed by atoms with van der Waals surface area (Å²) >= 11 is 3.55. The summed E-state index contributed by atoms with van der Waals surface area (Å²) < 4.78 is 0.992. The third kappa shape index (κ3) is 3.50. The van der Waals surface area contributed by atoms with Crippen LogP contribution in [0.5, 0.6) is 0 Å². The van der Waals surface area contributed by atoms with Gasteiger partial charge in [-0.1, -0.05) is 22.0 Å². The van der Waals surface area contributed by atoms with Crippen LogP contribution in [0.25, 0.3) is 0 Å². The van der Waals surface area contributed by atoms with E-state index in [-0.39, 0.29) is 0 Å². The molecule has 0 aromatic heterocycles. The van der Waals surface area contributed by atoms with Crippen LogP contribution >= 0.6 is 15.9 Å². The van der Waals surface area contributed by atoms with E-state index in [9.17, 15) is 5.11 Å². The first-order valence-electron chi connectivity index (χ1n) is 6.95. The minimum atomic E-state index is -0.429. The lowest BCUT2D eigenvalue weighted by Crippen LogP contribution is -2.48. The van der Waals surface area contributed by atoms with Crippen molar-refractivity contribution < 1.29 is 5.11 Å². The van der Waals surface area contributed by atoms with E-state index in [1.807, 2.05) is 6.07 Å². The Bertz CT molecular complexity index is 426. The van der Waals surface area contributed by atoms with E-state index in [4.69, 9.17) is 0 Å². The number of anilines is 1. The quantitative estimate of drug-likeness (QED) is 0.924. The average Bonchev–Trinajstić information content (AvgIpc) is 2.38. The van der Waals surface area contributed by atoms with Gasteiger partial charge in [0.1, 0.15) is 0 Å². The number of rotatable bonds is 3. The standard InChI is InChI=1S/C15H23BrN2O/c1-11(2)17-6-8-18(9-7-17)13-4-5-14(12(3)19)15(16)10-13/h4-5,10-12,19H,6-9H2,1-3H3. The molecule has 1 aliphatic heterocycles. The minimum absolute atomic E-state index is 0.429. The van der Waals surface area contributed by atoms with E-state index in [2.05, 4.69) is 51.7 Å². The van der Waals surface area contributed by atoms with E-state index < -0.39 is 6.10 Å². The van der Waals surface area contributed by atoms with Gasteiger partial charge in [0.2, 0.25) is 0 Å². The van der Waals surface area contributed by atoms with Crippen molar-refractivity contribution in [1.29, 1.82) is 0 Å². The summed E-state index contributed by atoms with van der Waals surface area (Å²) in [5.74, 6) is 0. The summed E-state index contributed by atoms with van der Waals surface area (Å²) in [4.78, 5) is 4.92. The number of nitrogens with zero attached hydrogens (tertiary/aromatic N) is 2. The molecule has 4 heteroatoms. The fraction of sp³-hybridized carbons (Fsp3) is 0.600. The molecule has 0 bridgehead atoms. The van der Waals surface area contributed by atoms with Crippen LogP contribution in [0, 0.1) is 0 Å². The van der Waals surface area contributed by atoms with Gasteiger partial charge < -0.3 is 10.0 Å². The van der Waals surface area contributed by atoms with Gasteiger partial charge >= 0.3 is 0 Å². The van der Waals surface area contributed by atoms with Crippen molar-refractivity contribution in [2.75, 3.05) is 31.1 Å². The molecule has 0 amide bonds.